The van der Waals surface area contributed by atoms with Crippen LogP contribution in [0.25, 0.3) is 5.69 Å². The first kappa shape index (κ1) is 21.2. The van der Waals surface area contributed by atoms with E-state index in [4.69, 9.17) is 0 Å². The van der Waals surface area contributed by atoms with Crippen LogP contribution in [0.5, 0.6) is 0 Å². The molecule has 12 heteroatoms. The van der Waals surface area contributed by atoms with Crippen molar-refractivity contribution >= 4 is 17.8 Å². The highest BCUT2D eigenvalue weighted by molar-refractivity contribution is 6.44. The van der Waals surface area contributed by atoms with Gasteiger partial charge in [-0.1, -0.05) is 30.3 Å². The molecule has 4 rings (SSSR count). The van der Waals surface area contributed by atoms with E-state index < -0.39 is 42.2 Å². The first-order valence-electron chi connectivity index (χ1n) is 9.37. The van der Waals surface area contributed by atoms with Gasteiger partial charge in [-0.2, -0.15) is 17.9 Å². The van der Waals surface area contributed by atoms with E-state index in [1.54, 1.807) is 37.3 Å². The number of alkyl halides is 3. The van der Waals surface area contributed by atoms with Gasteiger partial charge in [0.1, 0.15) is 0 Å². The van der Waals surface area contributed by atoms with Crippen molar-refractivity contribution in [3.63, 3.8) is 0 Å². The number of urea groups is 1. The molecule has 164 valence electrons. The summed E-state index contributed by atoms with van der Waals surface area (Å²) in [4.78, 5) is 39.4. The van der Waals surface area contributed by atoms with Crippen LogP contribution in [0.3, 0.4) is 0 Å². The number of carbonyl (C=O) groups is 3. The van der Waals surface area contributed by atoms with Crippen molar-refractivity contribution in [1.82, 2.24) is 30.0 Å². The third kappa shape index (κ3) is 3.70. The number of amides is 4. The van der Waals surface area contributed by atoms with E-state index >= 15 is 0 Å². The third-order valence-electron chi connectivity index (χ3n) is 5.03. The van der Waals surface area contributed by atoms with Gasteiger partial charge in [0.25, 0.3) is 0 Å². The molecule has 2 heterocycles. The Hall–Kier alpha value is -4.09. The summed E-state index contributed by atoms with van der Waals surface area (Å²) in [5.41, 5.74) is 0.00767. The summed E-state index contributed by atoms with van der Waals surface area (Å²) >= 11 is 0. The minimum Gasteiger partial charge on any atom is -0.263 e. The van der Waals surface area contributed by atoms with Crippen molar-refractivity contribution in [1.29, 1.82) is 0 Å². The first-order chi connectivity index (χ1) is 15.2. The Kier molecular flexibility index (Phi) is 5.20. The highest BCUT2D eigenvalue weighted by Crippen LogP contribution is 2.30. The molecular formula is C20H15F3N6O3. The van der Waals surface area contributed by atoms with Gasteiger partial charge in [0, 0.05) is 0 Å². The average Bonchev–Trinajstić information content (AvgIpc) is 3.32. The van der Waals surface area contributed by atoms with E-state index in [1.165, 1.54) is 0 Å². The van der Waals surface area contributed by atoms with Gasteiger partial charge in [-0.25, -0.2) is 14.6 Å². The monoisotopic (exact) mass is 444 g/mol. The van der Waals surface area contributed by atoms with Crippen molar-refractivity contribution in [3.8, 4) is 5.69 Å². The summed E-state index contributed by atoms with van der Waals surface area (Å²) in [6, 6.07) is 11.2. The Morgan fingerprint density at radius 3 is 2.22 bits per heavy atom. The van der Waals surface area contributed by atoms with E-state index in [9.17, 15) is 27.6 Å². The molecule has 0 saturated carbocycles. The topological polar surface area (TPSA) is 101 Å². The number of aromatic nitrogens is 4. The molecule has 1 aromatic heterocycles. The molecule has 0 bridgehead atoms. The van der Waals surface area contributed by atoms with Gasteiger partial charge in [0.15, 0.2) is 5.82 Å². The van der Waals surface area contributed by atoms with Crippen molar-refractivity contribution in [2.75, 3.05) is 0 Å². The molecular weight excluding hydrogens is 429 g/mol. The molecule has 1 aliphatic rings. The van der Waals surface area contributed by atoms with Gasteiger partial charge in [0.2, 0.25) is 0 Å². The fourth-order valence-corrected chi connectivity index (χ4v) is 3.32. The van der Waals surface area contributed by atoms with Crippen LogP contribution in [0, 0.1) is 0 Å². The molecule has 0 N–H and O–H groups in total. The zero-order chi connectivity index (χ0) is 23.0. The summed E-state index contributed by atoms with van der Waals surface area (Å²) in [5, 5.41) is 10.9. The van der Waals surface area contributed by atoms with Crippen molar-refractivity contribution in [3.05, 3.63) is 71.5 Å². The number of benzene rings is 2. The van der Waals surface area contributed by atoms with Crippen molar-refractivity contribution in [2.45, 2.75) is 25.7 Å². The molecule has 2 aromatic carbocycles. The van der Waals surface area contributed by atoms with Crippen molar-refractivity contribution in [2.24, 2.45) is 0 Å². The Morgan fingerprint density at radius 2 is 1.59 bits per heavy atom. The number of tetrazole rings is 1. The lowest BCUT2D eigenvalue weighted by Crippen LogP contribution is -2.35. The minimum atomic E-state index is -4.50. The SMILES string of the molecule is CC(c1ccccc1)N1C(=O)C(=O)N(Cc2nnnn2-c2ccc(C(F)(F)F)cc2)C1=O. The molecule has 1 fully saturated rings. The molecule has 0 aliphatic carbocycles. The lowest BCUT2D eigenvalue weighted by atomic mass is 10.1. The van der Waals surface area contributed by atoms with Crippen LogP contribution in [0.4, 0.5) is 18.0 Å². The van der Waals surface area contributed by atoms with E-state index in [-0.39, 0.29) is 11.5 Å². The highest BCUT2D eigenvalue weighted by Gasteiger charge is 2.47. The molecule has 1 saturated heterocycles. The van der Waals surface area contributed by atoms with Crippen LogP contribution in [0.1, 0.15) is 29.9 Å². The third-order valence-corrected chi connectivity index (χ3v) is 5.03. The number of rotatable bonds is 5. The van der Waals surface area contributed by atoms with Gasteiger partial charge in [-0.3, -0.25) is 9.59 Å². The van der Waals surface area contributed by atoms with Gasteiger partial charge in [-0.05, 0) is 47.2 Å². The second-order valence-electron chi connectivity index (χ2n) is 6.99. The van der Waals surface area contributed by atoms with Gasteiger partial charge in [-0.15, -0.1) is 5.10 Å². The maximum atomic E-state index is 12.9. The Morgan fingerprint density at radius 1 is 0.938 bits per heavy atom. The molecule has 1 unspecified atom stereocenters. The molecule has 9 nitrogen and oxygen atoms in total. The number of nitrogens with zero attached hydrogens (tertiary/aromatic N) is 6. The number of imide groups is 2. The predicted octanol–water partition coefficient (Wildman–Crippen LogP) is 2.73. The quantitative estimate of drug-likeness (QED) is 0.443. The fourth-order valence-electron chi connectivity index (χ4n) is 3.32. The highest BCUT2D eigenvalue weighted by atomic mass is 19.4. The fraction of sp³-hybridized carbons (Fsp3) is 0.200. The van der Waals surface area contributed by atoms with Gasteiger partial charge >= 0.3 is 24.0 Å². The van der Waals surface area contributed by atoms with Crippen LogP contribution in [-0.2, 0) is 22.3 Å². The molecule has 32 heavy (non-hydrogen) atoms. The summed E-state index contributed by atoms with van der Waals surface area (Å²) in [6.45, 7) is 1.18. The largest absolute Gasteiger partial charge is 0.416 e. The zero-order valence-corrected chi connectivity index (χ0v) is 16.5. The van der Waals surface area contributed by atoms with E-state index in [2.05, 4.69) is 15.5 Å². The normalized spacial score (nSPS) is 15.6. The molecule has 0 spiro atoms. The van der Waals surface area contributed by atoms with Crippen LogP contribution in [0.15, 0.2) is 54.6 Å². The smallest absolute Gasteiger partial charge is 0.263 e. The zero-order valence-electron chi connectivity index (χ0n) is 16.5. The molecule has 0 radical (unpaired) electrons. The number of carbonyl (C=O) groups excluding carboxylic acids is 3. The maximum absolute atomic E-state index is 12.9. The first-order valence-corrected chi connectivity index (χ1v) is 9.37. The van der Waals surface area contributed by atoms with Crippen LogP contribution in [0.2, 0.25) is 0 Å². The summed E-state index contributed by atoms with van der Waals surface area (Å²) in [7, 11) is 0. The molecule has 4 amide bonds. The Balaban J connectivity index is 1.58. The standard InChI is InChI=1S/C20H15F3N6O3/c1-12(13-5-3-2-4-6-13)28-18(31)17(30)27(19(28)32)11-16-24-25-26-29(16)15-9-7-14(8-10-15)20(21,22)23/h2-10,12H,11H2,1H3. The van der Waals surface area contributed by atoms with Crippen LogP contribution < -0.4 is 0 Å². The molecule has 1 atom stereocenters. The predicted molar refractivity (Wildman–Crippen MR) is 102 cm³/mol. The Bertz CT molecular complexity index is 1180. The summed E-state index contributed by atoms with van der Waals surface area (Å²) < 4.78 is 39.5. The summed E-state index contributed by atoms with van der Waals surface area (Å²) in [5.74, 6) is -2.03. The second-order valence-corrected chi connectivity index (χ2v) is 6.99. The van der Waals surface area contributed by atoms with E-state index in [0.29, 0.717) is 10.5 Å². The summed E-state index contributed by atoms with van der Waals surface area (Å²) in [6.07, 6.45) is -4.50. The average molecular weight is 444 g/mol. The second kappa shape index (κ2) is 7.87. The molecule has 1 aliphatic heterocycles. The lowest BCUT2D eigenvalue weighted by molar-refractivity contribution is -0.144. The number of hydrogen-bond donors (Lipinski definition) is 0. The lowest BCUT2D eigenvalue weighted by Gasteiger charge is -2.22. The van der Waals surface area contributed by atoms with Crippen LogP contribution in [-0.4, -0.2) is 47.9 Å². The minimum absolute atomic E-state index is 0.00604. The number of hydrogen-bond acceptors (Lipinski definition) is 6. The van der Waals surface area contributed by atoms with Gasteiger partial charge in [0.05, 0.1) is 23.8 Å². The van der Waals surface area contributed by atoms with Gasteiger partial charge < -0.3 is 0 Å². The number of halogens is 3. The van der Waals surface area contributed by atoms with Crippen molar-refractivity contribution < 1.29 is 27.6 Å². The van der Waals surface area contributed by atoms with E-state index in [0.717, 1.165) is 33.8 Å². The van der Waals surface area contributed by atoms with Crippen LogP contribution >= 0.6 is 0 Å². The maximum Gasteiger partial charge on any atom is 0.416 e. The Labute approximate surface area is 179 Å². The molecule has 3 aromatic rings. The van der Waals surface area contributed by atoms with E-state index in [1.807, 2.05) is 0 Å².